The van der Waals surface area contributed by atoms with Crippen molar-refractivity contribution in [2.45, 2.75) is 26.7 Å². The number of aromatic amines is 1. The molecule has 118 valence electrons. The van der Waals surface area contributed by atoms with Crippen molar-refractivity contribution < 1.29 is 9.53 Å². The highest BCUT2D eigenvalue weighted by atomic mass is 16.5. The molecule has 0 fully saturated rings. The van der Waals surface area contributed by atoms with Crippen molar-refractivity contribution in [3.05, 3.63) is 40.7 Å². The fourth-order valence-electron chi connectivity index (χ4n) is 2.40. The summed E-state index contributed by atoms with van der Waals surface area (Å²) in [6, 6.07) is 8.71. The van der Waals surface area contributed by atoms with Crippen molar-refractivity contribution in [2.75, 3.05) is 19.7 Å². The van der Waals surface area contributed by atoms with Gasteiger partial charge in [0.05, 0.1) is 5.52 Å². The summed E-state index contributed by atoms with van der Waals surface area (Å²) >= 11 is 0. The van der Waals surface area contributed by atoms with E-state index in [9.17, 15) is 9.59 Å². The minimum Gasteiger partial charge on any atom is -0.482 e. The Hall–Kier alpha value is -2.30. The molecule has 1 aromatic carbocycles. The number of benzene rings is 1. The summed E-state index contributed by atoms with van der Waals surface area (Å²) in [5.41, 5.74) is 0.439. The molecule has 2 aromatic rings. The van der Waals surface area contributed by atoms with Crippen LogP contribution in [0.4, 0.5) is 0 Å². The lowest BCUT2D eigenvalue weighted by Crippen LogP contribution is -2.36. The van der Waals surface area contributed by atoms with E-state index in [0.29, 0.717) is 11.3 Å². The van der Waals surface area contributed by atoms with Crippen LogP contribution >= 0.6 is 0 Å². The number of nitrogens with zero attached hydrogens (tertiary/aromatic N) is 1. The molecule has 1 amide bonds. The van der Waals surface area contributed by atoms with Crippen LogP contribution in [0.25, 0.3) is 10.9 Å². The van der Waals surface area contributed by atoms with Crippen LogP contribution in [0.1, 0.15) is 26.7 Å². The number of para-hydroxylation sites is 1. The zero-order valence-electron chi connectivity index (χ0n) is 13.1. The zero-order chi connectivity index (χ0) is 15.9. The Bertz CT molecular complexity index is 688. The lowest BCUT2D eigenvalue weighted by Gasteiger charge is -2.21. The SMILES string of the molecule is CCCN(CCC)C(=O)COc1cccc2ccc(=O)[nH]c12. The van der Waals surface area contributed by atoms with Gasteiger partial charge in [-0.3, -0.25) is 9.59 Å². The van der Waals surface area contributed by atoms with E-state index in [1.807, 2.05) is 30.9 Å². The van der Waals surface area contributed by atoms with Crippen LogP contribution in [0.3, 0.4) is 0 Å². The number of H-pyrrole nitrogens is 1. The fourth-order valence-corrected chi connectivity index (χ4v) is 2.40. The van der Waals surface area contributed by atoms with Crippen molar-refractivity contribution in [1.29, 1.82) is 0 Å². The number of ether oxygens (including phenoxy) is 1. The number of hydrogen-bond acceptors (Lipinski definition) is 3. The third-order valence-electron chi connectivity index (χ3n) is 3.41. The fraction of sp³-hybridized carbons (Fsp3) is 0.412. The molecule has 0 spiro atoms. The van der Waals surface area contributed by atoms with E-state index >= 15 is 0 Å². The van der Waals surface area contributed by atoms with Crippen molar-refractivity contribution in [3.8, 4) is 5.75 Å². The van der Waals surface area contributed by atoms with Crippen LogP contribution in [-0.2, 0) is 4.79 Å². The first-order valence-corrected chi connectivity index (χ1v) is 7.68. The molecule has 0 saturated carbocycles. The molecular formula is C17H22N2O3. The van der Waals surface area contributed by atoms with E-state index in [0.717, 1.165) is 31.3 Å². The Morgan fingerprint density at radius 3 is 2.55 bits per heavy atom. The molecule has 22 heavy (non-hydrogen) atoms. The maximum absolute atomic E-state index is 12.2. The summed E-state index contributed by atoms with van der Waals surface area (Å²) < 4.78 is 5.65. The number of carbonyl (C=O) groups excluding carboxylic acids is 1. The van der Waals surface area contributed by atoms with E-state index in [1.165, 1.54) is 6.07 Å². The smallest absolute Gasteiger partial charge is 0.260 e. The number of aromatic nitrogens is 1. The Balaban J connectivity index is 2.12. The number of hydrogen-bond donors (Lipinski definition) is 1. The van der Waals surface area contributed by atoms with Gasteiger partial charge < -0.3 is 14.6 Å². The lowest BCUT2D eigenvalue weighted by molar-refractivity contribution is -0.133. The Morgan fingerprint density at radius 1 is 1.14 bits per heavy atom. The van der Waals surface area contributed by atoms with E-state index in [4.69, 9.17) is 4.74 Å². The number of fused-ring (bicyclic) bond motifs is 1. The standard InChI is InChI=1S/C17H22N2O3/c1-3-10-19(11-4-2)16(21)12-22-14-7-5-6-13-8-9-15(20)18-17(13)14/h5-9H,3-4,10-12H2,1-2H3,(H,18,20). The summed E-state index contributed by atoms with van der Waals surface area (Å²) in [6.45, 7) is 5.55. The molecule has 0 aliphatic heterocycles. The molecule has 0 aliphatic carbocycles. The lowest BCUT2D eigenvalue weighted by atomic mass is 10.2. The van der Waals surface area contributed by atoms with Crippen LogP contribution < -0.4 is 10.3 Å². The molecule has 0 aliphatic rings. The summed E-state index contributed by atoms with van der Waals surface area (Å²) in [6.07, 6.45) is 1.85. The van der Waals surface area contributed by atoms with E-state index in [1.54, 1.807) is 12.1 Å². The summed E-state index contributed by atoms with van der Waals surface area (Å²) in [5.74, 6) is 0.496. The van der Waals surface area contributed by atoms with Crippen LogP contribution in [0.15, 0.2) is 35.1 Å². The Morgan fingerprint density at radius 2 is 1.86 bits per heavy atom. The number of nitrogens with one attached hydrogen (secondary N) is 1. The monoisotopic (exact) mass is 302 g/mol. The topological polar surface area (TPSA) is 62.4 Å². The van der Waals surface area contributed by atoms with Gasteiger partial charge in [-0.05, 0) is 25.0 Å². The first-order valence-electron chi connectivity index (χ1n) is 7.68. The number of carbonyl (C=O) groups is 1. The minimum absolute atomic E-state index is 0.0178. The summed E-state index contributed by atoms with van der Waals surface area (Å²) in [7, 11) is 0. The van der Waals surface area contributed by atoms with E-state index in [2.05, 4.69) is 4.98 Å². The van der Waals surface area contributed by atoms with Gasteiger partial charge >= 0.3 is 0 Å². The highest BCUT2D eigenvalue weighted by molar-refractivity contribution is 5.85. The van der Waals surface area contributed by atoms with Crippen molar-refractivity contribution in [3.63, 3.8) is 0 Å². The van der Waals surface area contributed by atoms with Crippen LogP contribution in [0.2, 0.25) is 0 Å². The van der Waals surface area contributed by atoms with Gasteiger partial charge in [0.15, 0.2) is 6.61 Å². The average molecular weight is 302 g/mol. The Labute approximate surface area is 129 Å². The second-order valence-electron chi connectivity index (χ2n) is 5.21. The molecule has 1 heterocycles. The maximum atomic E-state index is 12.2. The second kappa shape index (κ2) is 7.64. The van der Waals surface area contributed by atoms with Gasteiger partial charge in [-0.15, -0.1) is 0 Å². The van der Waals surface area contributed by atoms with Crippen molar-refractivity contribution in [1.82, 2.24) is 9.88 Å². The predicted octanol–water partition coefficient (Wildman–Crippen LogP) is 2.56. The number of pyridine rings is 1. The zero-order valence-corrected chi connectivity index (χ0v) is 13.1. The molecular weight excluding hydrogens is 280 g/mol. The van der Waals surface area contributed by atoms with Gasteiger partial charge in [0.1, 0.15) is 5.75 Å². The maximum Gasteiger partial charge on any atom is 0.260 e. The van der Waals surface area contributed by atoms with Crippen LogP contribution in [-0.4, -0.2) is 35.5 Å². The molecule has 0 atom stereocenters. The largest absolute Gasteiger partial charge is 0.482 e. The first-order chi connectivity index (χ1) is 10.7. The molecule has 5 nitrogen and oxygen atoms in total. The molecule has 0 saturated heterocycles. The van der Waals surface area contributed by atoms with Gasteiger partial charge in [-0.1, -0.05) is 26.0 Å². The first kappa shape index (κ1) is 16.1. The molecule has 1 N–H and O–H groups in total. The van der Waals surface area contributed by atoms with Crippen molar-refractivity contribution in [2.24, 2.45) is 0 Å². The second-order valence-corrected chi connectivity index (χ2v) is 5.21. The van der Waals surface area contributed by atoms with E-state index in [-0.39, 0.29) is 18.1 Å². The molecule has 5 heteroatoms. The molecule has 0 bridgehead atoms. The molecule has 2 rings (SSSR count). The van der Waals surface area contributed by atoms with Gasteiger partial charge in [0, 0.05) is 24.5 Å². The van der Waals surface area contributed by atoms with Gasteiger partial charge in [0.2, 0.25) is 5.56 Å². The average Bonchev–Trinajstić information content (AvgIpc) is 2.52. The van der Waals surface area contributed by atoms with Gasteiger partial charge in [0.25, 0.3) is 5.91 Å². The third-order valence-corrected chi connectivity index (χ3v) is 3.41. The van der Waals surface area contributed by atoms with Gasteiger partial charge in [-0.2, -0.15) is 0 Å². The summed E-state index contributed by atoms with van der Waals surface area (Å²) in [4.78, 5) is 28.3. The summed E-state index contributed by atoms with van der Waals surface area (Å²) in [5, 5.41) is 0.878. The Kier molecular flexibility index (Phi) is 5.58. The molecule has 1 aromatic heterocycles. The van der Waals surface area contributed by atoms with Crippen LogP contribution in [0, 0.1) is 0 Å². The normalized spacial score (nSPS) is 10.6. The number of amides is 1. The highest BCUT2D eigenvalue weighted by Crippen LogP contribution is 2.22. The third kappa shape index (κ3) is 3.87. The molecule has 0 unspecified atom stereocenters. The van der Waals surface area contributed by atoms with Gasteiger partial charge in [-0.25, -0.2) is 0 Å². The quantitative estimate of drug-likeness (QED) is 0.855. The minimum atomic E-state index is -0.187. The highest BCUT2D eigenvalue weighted by Gasteiger charge is 2.13. The van der Waals surface area contributed by atoms with Crippen molar-refractivity contribution >= 4 is 16.8 Å². The number of rotatable bonds is 7. The van der Waals surface area contributed by atoms with E-state index < -0.39 is 0 Å². The van der Waals surface area contributed by atoms with Crippen LogP contribution in [0.5, 0.6) is 5.75 Å². The molecule has 0 radical (unpaired) electrons. The predicted molar refractivity (Wildman–Crippen MR) is 87.2 cm³/mol.